The molecular weight excluding hydrogens is 924 g/mol. The summed E-state index contributed by atoms with van der Waals surface area (Å²) in [5.74, 6) is 0.589. The number of piperazine rings is 1. The maximum Gasteiger partial charge on any atom is 0.401 e. The van der Waals surface area contributed by atoms with Crippen LogP contribution in [0.15, 0.2) is 78.4 Å². The molecule has 0 saturated carbocycles. The third kappa shape index (κ3) is 10.0. The van der Waals surface area contributed by atoms with Gasteiger partial charge in [-0.3, -0.25) is 24.2 Å². The SMILES string of the molecule is C=CC(=O)Nc1cc(Nc2nc(-c3ccnc(N4CCn5c(cc6c5CC(C)(C)C6)C4=O)c3CO)cn(C)c2=O)ccc1N1CCN(C2CCN(c3cccc(C(C)(C)NP(=O)(O)O)n3)[C@@H](C)C2)C[C@@H]1C. The fourth-order valence-corrected chi connectivity index (χ4v) is 12.0. The van der Waals surface area contributed by atoms with E-state index in [-0.39, 0.29) is 35.1 Å². The molecular formula is C51H65N12O7P. The smallest absolute Gasteiger partial charge is 0.392 e. The maximum absolute atomic E-state index is 14.1. The second kappa shape index (κ2) is 19.1. The van der Waals surface area contributed by atoms with Crippen LogP contribution < -0.4 is 36.0 Å². The lowest BCUT2D eigenvalue weighted by atomic mass is 9.90. The van der Waals surface area contributed by atoms with Gasteiger partial charge in [-0.1, -0.05) is 26.5 Å². The summed E-state index contributed by atoms with van der Waals surface area (Å²) in [6, 6.07) is 15.5. The molecule has 376 valence electrons. The van der Waals surface area contributed by atoms with E-state index >= 15 is 0 Å². The number of piperidine rings is 1. The van der Waals surface area contributed by atoms with Gasteiger partial charge >= 0.3 is 7.75 Å². The predicted molar refractivity (Wildman–Crippen MR) is 275 cm³/mol. The van der Waals surface area contributed by atoms with E-state index in [0.717, 1.165) is 56.8 Å². The summed E-state index contributed by atoms with van der Waals surface area (Å²) in [6.45, 7) is 19.6. The Morgan fingerprint density at radius 1 is 0.986 bits per heavy atom. The van der Waals surface area contributed by atoms with Crippen molar-refractivity contribution in [3.8, 4) is 11.3 Å². The summed E-state index contributed by atoms with van der Waals surface area (Å²) in [5, 5.41) is 19.4. The van der Waals surface area contributed by atoms with Gasteiger partial charge < -0.3 is 44.5 Å². The average molecular weight is 989 g/mol. The maximum atomic E-state index is 14.1. The third-order valence-electron chi connectivity index (χ3n) is 14.5. The Hall–Kier alpha value is -6.21. The largest absolute Gasteiger partial charge is 0.401 e. The topological polar surface area (TPSA) is 227 Å². The quantitative estimate of drug-likeness (QED) is 0.0618. The number of hydrogen-bond acceptors (Lipinski definition) is 12. The van der Waals surface area contributed by atoms with Gasteiger partial charge in [-0.05, 0) is 113 Å². The molecule has 3 atom stereocenters. The minimum Gasteiger partial charge on any atom is -0.392 e. The van der Waals surface area contributed by atoms with E-state index in [0.29, 0.717) is 71.1 Å². The van der Waals surface area contributed by atoms with Gasteiger partial charge in [-0.25, -0.2) is 24.6 Å². The lowest BCUT2D eigenvalue weighted by Crippen LogP contribution is -2.58. The number of aliphatic hydroxyl groups excluding tert-OH is 1. The minimum absolute atomic E-state index is 0.0248. The van der Waals surface area contributed by atoms with Gasteiger partial charge in [0.1, 0.15) is 17.3 Å². The minimum atomic E-state index is -4.49. The number of fused-ring (bicyclic) bond motifs is 3. The molecule has 4 aromatic heterocycles. The number of nitrogens with one attached hydrogen (secondary N) is 3. The van der Waals surface area contributed by atoms with Gasteiger partial charge in [0.05, 0.1) is 34.9 Å². The number of carbonyl (C=O) groups is 2. The van der Waals surface area contributed by atoms with Crippen LogP contribution in [0.2, 0.25) is 0 Å². The van der Waals surface area contributed by atoms with Gasteiger partial charge in [0, 0.05) is 99.3 Å². The first-order valence-corrected chi connectivity index (χ1v) is 25.9. The summed E-state index contributed by atoms with van der Waals surface area (Å²) in [7, 11) is -2.86. The van der Waals surface area contributed by atoms with Crippen molar-refractivity contribution in [2.24, 2.45) is 12.5 Å². The highest BCUT2D eigenvalue weighted by molar-refractivity contribution is 7.49. The zero-order chi connectivity index (χ0) is 50.7. The molecule has 0 radical (unpaired) electrons. The number of amides is 2. The van der Waals surface area contributed by atoms with E-state index in [1.54, 1.807) is 56.4 Å². The first-order valence-electron chi connectivity index (χ1n) is 24.3. The Bertz CT molecular complexity index is 3020. The number of aryl methyl sites for hydroxylation is 1. The van der Waals surface area contributed by atoms with Crippen molar-refractivity contribution < 1.29 is 29.0 Å². The molecule has 19 nitrogen and oxygen atoms in total. The zero-order valence-electron chi connectivity index (χ0n) is 41.5. The van der Waals surface area contributed by atoms with Crippen molar-refractivity contribution in [2.45, 2.75) is 104 Å². The fraction of sp³-hybridized carbons (Fsp3) is 0.451. The number of aliphatic hydroxyl groups is 1. The van der Waals surface area contributed by atoms with Crippen LogP contribution in [-0.4, -0.2) is 107 Å². The Kier molecular flexibility index (Phi) is 13.4. The number of pyridine rings is 2. The van der Waals surface area contributed by atoms with Crippen LogP contribution in [0.1, 0.15) is 87.4 Å². The third-order valence-corrected chi connectivity index (χ3v) is 15.4. The van der Waals surface area contributed by atoms with Crippen LogP contribution in [-0.2, 0) is 47.9 Å². The summed E-state index contributed by atoms with van der Waals surface area (Å²) in [4.78, 5) is 82.8. The van der Waals surface area contributed by atoms with Crippen LogP contribution in [0.4, 0.5) is 34.5 Å². The molecule has 5 aromatic rings. The van der Waals surface area contributed by atoms with Crippen molar-refractivity contribution in [1.29, 1.82) is 0 Å². The number of rotatable bonds is 13. The number of carbonyl (C=O) groups excluding carboxylic acids is 2. The number of nitrogens with zero attached hydrogens (tertiary/aromatic N) is 9. The van der Waals surface area contributed by atoms with Crippen molar-refractivity contribution >= 4 is 54.1 Å². The summed E-state index contributed by atoms with van der Waals surface area (Å²) < 4.78 is 15.3. The lowest BCUT2D eigenvalue weighted by molar-refractivity contribution is -0.111. The Labute approximate surface area is 413 Å². The molecule has 3 aliphatic heterocycles. The van der Waals surface area contributed by atoms with Crippen LogP contribution in [0.25, 0.3) is 11.3 Å². The molecule has 4 aliphatic rings. The lowest BCUT2D eigenvalue weighted by Gasteiger charge is -2.48. The molecule has 2 fully saturated rings. The monoisotopic (exact) mass is 988 g/mol. The molecule has 0 bridgehead atoms. The van der Waals surface area contributed by atoms with E-state index in [9.17, 15) is 33.8 Å². The fourth-order valence-electron chi connectivity index (χ4n) is 11.2. The number of anilines is 6. The Balaban J connectivity index is 0.906. The molecule has 1 aliphatic carbocycles. The zero-order valence-corrected chi connectivity index (χ0v) is 42.4. The number of benzene rings is 1. The molecule has 7 heterocycles. The van der Waals surface area contributed by atoms with Gasteiger partial charge in [-0.15, -0.1) is 0 Å². The van der Waals surface area contributed by atoms with E-state index < -0.39 is 25.5 Å². The van der Waals surface area contributed by atoms with Crippen molar-refractivity contribution in [3.05, 3.63) is 112 Å². The van der Waals surface area contributed by atoms with Crippen molar-refractivity contribution in [3.63, 3.8) is 0 Å². The molecule has 20 heteroatoms. The van der Waals surface area contributed by atoms with Crippen LogP contribution in [0.5, 0.6) is 0 Å². The number of aromatic nitrogens is 5. The molecule has 1 unspecified atom stereocenters. The van der Waals surface area contributed by atoms with Gasteiger partial charge in [-0.2, -0.15) is 0 Å². The second-order valence-electron chi connectivity index (χ2n) is 20.8. The summed E-state index contributed by atoms with van der Waals surface area (Å²) in [6.07, 6.45) is 8.06. The molecule has 0 spiro atoms. The first-order chi connectivity index (χ1) is 33.6. The molecule has 2 saturated heterocycles. The normalized spacial score (nSPS) is 20.5. The molecule has 1 aromatic carbocycles. The van der Waals surface area contributed by atoms with Crippen LogP contribution in [0.3, 0.4) is 0 Å². The summed E-state index contributed by atoms with van der Waals surface area (Å²) in [5.41, 5.74) is 5.52. The van der Waals surface area contributed by atoms with Gasteiger partial charge in [0.2, 0.25) is 5.91 Å². The van der Waals surface area contributed by atoms with E-state index in [1.807, 2.05) is 30.3 Å². The highest BCUT2D eigenvalue weighted by atomic mass is 31.2. The van der Waals surface area contributed by atoms with Gasteiger partial charge in [0.25, 0.3) is 11.5 Å². The Morgan fingerprint density at radius 3 is 2.49 bits per heavy atom. The molecule has 2 amide bonds. The van der Waals surface area contributed by atoms with Gasteiger partial charge in [0.15, 0.2) is 5.82 Å². The molecule has 71 heavy (non-hydrogen) atoms. The number of hydrogen-bond donors (Lipinski definition) is 6. The van der Waals surface area contributed by atoms with E-state index in [1.165, 1.54) is 21.9 Å². The van der Waals surface area contributed by atoms with Crippen LogP contribution in [0, 0.1) is 5.41 Å². The van der Waals surface area contributed by atoms with E-state index in [4.69, 9.17) is 9.97 Å². The molecule has 9 rings (SSSR count). The van der Waals surface area contributed by atoms with Crippen molar-refractivity contribution in [1.82, 2.24) is 34.1 Å². The highest BCUT2D eigenvalue weighted by Gasteiger charge is 2.39. The van der Waals surface area contributed by atoms with E-state index in [2.05, 4.69) is 74.2 Å². The summed E-state index contributed by atoms with van der Waals surface area (Å²) >= 11 is 0. The second-order valence-corrected chi connectivity index (χ2v) is 22.1. The van der Waals surface area contributed by atoms with Crippen molar-refractivity contribution in [2.75, 3.05) is 58.1 Å². The Morgan fingerprint density at radius 2 is 1.77 bits per heavy atom. The predicted octanol–water partition coefficient (Wildman–Crippen LogP) is 5.67. The standard InChI is InChI=1S/C51H65N12O7P/c1-9-45(65)54-38-25-34(13-14-40(38)60-20-19-59(28-32(60)3)35-16-18-61(31(2)23-35)44-12-10-11-43(56-44)51(6,7)57-71(68,69)70)53-46-49(67)58(8)29-39(55-46)36-15-17-52-47(37(36)30-64)63-22-21-62-41(48(63)66)24-33-26-50(4,5)27-42(33)62/h9-15,17,24-25,29,31-32,35,64H,1,16,18-23,26-28,30H2,2-8H3,(H,53,55)(H,54,65)(H3,57,68,69,70)/t31-,32-,35?/m0/s1. The molecule has 6 N–H and O–H groups in total. The highest BCUT2D eigenvalue weighted by Crippen LogP contribution is 2.41. The average Bonchev–Trinajstić information content (AvgIpc) is 3.81. The van der Waals surface area contributed by atoms with Crippen LogP contribution >= 0.6 is 7.75 Å². The first kappa shape index (κ1) is 49.8.